The Morgan fingerprint density at radius 1 is 1.22 bits per heavy atom. The summed E-state index contributed by atoms with van der Waals surface area (Å²) in [4.78, 5) is 3.99. The van der Waals surface area contributed by atoms with E-state index in [-0.39, 0.29) is 10.0 Å². The maximum absolute atomic E-state index is 13.7. The summed E-state index contributed by atoms with van der Waals surface area (Å²) >= 11 is 2.99. The molecule has 1 N–H and O–H groups in total. The standard InChI is InChI=1S/C13H10BrF2NO/c1-7-2-3-8(6-17-7)13(18)12-10(15)4-9(14)5-11(12)16/h2-6,13,18H,1H3. The van der Waals surface area contributed by atoms with Crippen molar-refractivity contribution < 1.29 is 13.9 Å². The van der Waals surface area contributed by atoms with Gasteiger partial charge in [0.25, 0.3) is 0 Å². The molecule has 2 aromatic rings. The molecular formula is C13H10BrF2NO. The van der Waals surface area contributed by atoms with Gasteiger partial charge in [0, 0.05) is 21.9 Å². The highest BCUT2D eigenvalue weighted by Crippen LogP contribution is 2.28. The van der Waals surface area contributed by atoms with Crippen LogP contribution in [-0.2, 0) is 0 Å². The monoisotopic (exact) mass is 313 g/mol. The molecule has 1 atom stereocenters. The first-order chi connectivity index (χ1) is 8.49. The fraction of sp³-hybridized carbons (Fsp3) is 0.154. The minimum atomic E-state index is -1.37. The van der Waals surface area contributed by atoms with Crippen LogP contribution >= 0.6 is 15.9 Å². The van der Waals surface area contributed by atoms with Crippen LogP contribution in [0.2, 0.25) is 0 Å². The normalized spacial score (nSPS) is 12.5. The van der Waals surface area contributed by atoms with Crippen molar-refractivity contribution in [2.45, 2.75) is 13.0 Å². The molecule has 2 nitrogen and oxygen atoms in total. The van der Waals surface area contributed by atoms with E-state index in [0.717, 1.165) is 17.8 Å². The molecule has 1 heterocycles. The number of nitrogens with zero attached hydrogens (tertiary/aromatic N) is 1. The Hall–Kier alpha value is -1.33. The summed E-state index contributed by atoms with van der Waals surface area (Å²) in [6, 6.07) is 5.49. The average molecular weight is 314 g/mol. The third-order valence-electron chi connectivity index (χ3n) is 2.57. The SMILES string of the molecule is Cc1ccc(C(O)c2c(F)cc(Br)cc2F)cn1. The molecule has 94 valence electrons. The molecule has 1 unspecified atom stereocenters. The zero-order valence-electron chi connectivity index (χ0n) is 9.49. The summed E-state index contributed by atoms with van der Waals surface area (Å²) in [5.41, 5.74) is 0.743. The van der Waals surface area contributed by atoms with Crippen LogP contribution in [0, 0.1) is 18.6 Å². The van der Waals surface area contributed by atoms with Crippen LogP contribution in [-0.4, -0.2) is 10.1 Å². The van der Waals surface area contributed by atoms with E-state index in [0.29, 0.717) is 5.56 Å². The molecule has 1 aromatic heterocycles. The first kappa shape index (κ1) is 13.1. The lowest BCUT2D eigenvalue weighted by Crippen LogP contribution is -2.06. The number of aromatic nitrogens is 1. The number of benzene rings is 1. The van der Waals surface area contributed by atoms with Crippen molar-refractivity contribution in [3.8, 4) is 0 Å². The van der Waals surface area contributed by atoms with E-state index in [2.05, 4.69) is 20.9 Å². The number of aliphatic hydroxyl groups is 1. The third-order valence-corrected chi connectivity index (χ3v) is 3.03. The highest BCUT2D eigenvalue weighted by Gasteiger charge is 2.20. The van der Waals surface area contributed by atoms with Crippen LogP contribution in [0.1, 0.15) is 22.9 Å². The van der Waals surface area contributed by atoms with Gasteiger partial charge in [-0.3, -0.25) is 4.98 Å². The molecule has 18 heavy (non-hydrogen) atoms. The molecule has 0 radical (unpaired) electrons. The van der Waals surface area contributed by atoms with Gasteiger partial charge < -0.3 is 5.11 Å². The van der Waals surface area contributed by atoms with Gasteiger partial charge in [0.2, 0.25) is 0 Å². The molecule has 0 saturated carbocycles. The quantitative estimate of drug-likeness (QED) is 0.920. The number of aliphatic hydroxyl groups excluding tert-OH is 1. The zero-order valence-corrected chi connectivity index (χ0v) is 11.1. The summed E-state index contributed by atoms with van der Waals surface area (Å²) in [7, 11) is 0. The van der Waals surface area contributed by atoms with Gasteiger partial charge >= 0.3 is 0 Å². The van der Waals surface area contributed by atoms with Crippen molar-refractivity contribution >= 4 is 15.9 Å². The van der Waals surface area contributed by atoms with Gasteiger partial charge in [-0.25, -0.2) is 8.78 Å². The third kappa shape index (κ3) is 2.57. The predicted octanol–water partition coefficient (Wildman–Crippen LogP) is 3.51. The van der Waals surface area contributed by atoms with E-state index in [1.165, 1.54) is 6.20 Å². The first-order valence-corrected chi connectivity index (χ1v) is 6.03. The number of rotatable bonds is 2. The number of halogens is 3. The summed E-state index contributed by atoms with van der Waals surface area (Å²) < 4.78 is 27.6. The van der Waals surface area contributed by atoms with Crippen molar-refractivity contribution in [1.82, 2.24) is 4.98 Å². The van der Waals surface area contributed by atoms with Crippen LogP contribution in [0.5, 0.6) is 0 Å². The van der Waals surface area contributed by atoms with E-state index in [4.69, 9.17) is 0 Å². The van der Waals surface area contributed by atoms with Gasteiger partial charge in [0.1, 0.15) is 17.7 Å². The summed E-state index contributed by atoms with van der Waals surface area (Å²) in [5.74, 6) is -1.59. The maximum Gasteiger partial charge on any atom is 0.133 e. The molecule has 1 aromatic carbocycles. The van der Waals surface area contributed by atoms with Crippen LogP contribution in [0.4, 0.5) is 8.78 Å². The van der Waals surface area contributed by atoms with E-state index in [9.17, 15) is 13.9 Å². The molecule has 0 fully saturated rings. The predicted molar refractivity (Wildman–Crippen MR) is 67.1 cm³/mol. The lowest BCUT2D eigenvalue weighted by molar-refractivity contribution is 0.208. The van der Waals surface area contributed by atoms with E-state index >= 15 is 0 Å². The second-order valence-corrected chi connectivity index (χ2v) is 4.83. The summed E-state index contributed by atoms with van der Waals surface area (Å²) in [6.45, 7) is 1.79. The molecule has 0 aliphatic heterocycles. The fourth-order valence-corrected chi connectivity index (χ4v) is 2.02. The maximum atomic E-state index is 13.7. The van der Waals surface area contributed by atoms with Crippen molar-refractivity contribution in [3.05, 3.63) is 63.4 Å². The van der Waals surface area contributed by atoms with Crippen molar-refractivity contribution in [2.75, 3.05) is 0 Å². The Morgan fingerprint density at radius 2 is 1.83 bits per heavy atom. The van der Waals surface area contributed by atoms with Gasteiger partial charge in [0.05, 0.1) is 5.56 Å². The Kier molecular flexibility index (Phi) is 3.73. The highest BCUT2D eigenvalue weighted by molar-refractivity contribution is 9.10. The minimum Gasteiger partial charge on any atom is -0.383 e. The van der Waals surface area contributed by atoms with Crippen LogP contribution < -0.4 is 0 Å². The second kappa shape index (κ2) is 5.12. The Bertz CT molecular complexity index is 549. The van der Waals surface area contributed by atoms with Crippen LogP contribution in [0.3, 0.4) is 0 Å². The molecular weight excluding hydrogens is 304 g/mol. The van der Waals surface area contributed by atoms with Gasteiger partial charge in [0.15, 0.2) is 0 Å². The van der Waals surface area contributed by atoms with Gasteiger partial charge in [-0.05, 0) is 25.1 Å². The number of aryl methyl sites for hydroxylation is 1. The lowest BCUT2D eigenvalue weighted by atomic mass is 10.0. The number of pyridine rings is 1. The molecule has 5 heteroatoms. The molecule has 0 bridgehead atoms. The minimum absolute atomic E-state index is 0.287. The smallest absolute Gasteiger partial charge is 0.133 e. The van der Waals surface area contributed by atoms with Crippen molar-refractivity contribution in [3.63, 3.8) is 0 Å². The van der Waals surface area contributed by atoms with E-state index in [1.54, 1.807) is 19.1 Å². The molecule has 2 rings (SSSR count). The summed E-state index contributed by atoms with van der Waals surface area (Å²) in [6.07, 6.45) is 0.0344. The number of hydrogen-bond donors (Lipinski definition) is 1. The zero-order chi connectivity index (χ0) is 13.3. The lowest BCUT2D eigenvalue weighted by Gasteiger charge is -2.13. The molecule has 0 saturated heterocycles. The molecule has 0 amide bonds. The Balaban J connectivity index is 2.46. The van der Waals surface area contributed by atoms with E-state index in [1.807, 2.05) is 0 Å². The number of hydrogen-bond acceptors (Lipinski definition) is 2. The van der Waals surface area contributed by atoms with Gasteiger partial charge in [-0.2, -0.15) is 0 Å². The largest absolute Gasteiger partial charge is 0.383 e. The summed E-state index contributed by atoms with van der Waals surface area (Å²) in [5, 5.41) is 10.00. The van der Waals surface area contributed by atoms with Crippen LogP contribution in [0.15, 0.2) is 34.9 Å². The average Bonchev–Trinajstić information content (AvgIpc) is 2.28. The highest BCUT2D eigenvalue weighted by atomic mass is 79.9. The van der Waals surface area contributed by atoms with E-state index < -0.39 is 17.7 Å². The van der Waals surface area contributed by atoms with Gasteiger partial charge in [-0.1, -0.05) is 22.0 Å². The second-order valence-electron chi connectivity index (χ2n) is 3.92. The van der Waals surface area contributed by atoms with Crippen LogP contribution in [0.25, 0.3) is 0 Å². The van der Waals surface area contributed by atoms with Crippen molar-refractivity contribution in [1.29, 1.82) is 0 Å². The fourth-order valence-electron chi connectivity index (χ4n) is 1.62. The molecule has 0 aliphatic rings. The Labute approximate surface area is 111 Å². The Morgan fingerprint density at radius 3 is 2.33 bits per heavy atom. The van der Waals surface area contributed by atoms with Gasteiger partial charge in [-0.15, -0.1) is 0 Å². The van der Waals surface area contributed by atoms with Crippen molar-refractivity contribution in [2.24, 2.45) is 0 Å². The topological polar surface area (TPSA) is 33.1 Å². The molecule has 0 spiro atoms. The molecule has 0 aliphatic carbocycles. The first-order valence-electron chi connectivity index (χ1n) is 5.24.